The van der Waals surface area contributed by atoms with E-state index in [1.807, 2.05) is 0 Å². The molecular weight excluding hydrogens is 1270 g/mol. The number of amides is 8. The van der Waals surface area contributed by atoms with Crippen molar-refractivity contribution in [3.05, 3.63) is 72.9 Å². The lowest BCUT2D eigenvalue weighted by Gasteiger charge is -2.28. The fraction of sp³-hybridized carbons (Fsp3) is 0.490. The van der Waals surface area contributed by atoms with Crippen molar-refractivity contribution < 1.29 is 98.5 Å². The number of imidazole rings is 2. The van der Waals surface area contributed by atoms with Crippen LogP contribution in [0.3, 0.4) is 0 Å². The summed E-state index contributed by atoms with van der Waals surface area (Å²) in [6.45, 7) is -3.65. The van der Waals surface area contributed by atoms with Gasteiger partial charge in [-0.15, -0.1) is 0 Å². The number of carbonyl (C=O) groups excluding carboxylic acids is 8. The number of imide groups is 1. The maximum atomic E-state index is 16.6. The van der Waals surface area contributed by atoms with E-state index in [0.717, 1.165) is 56.4 Å². The smallest absolute Gasteiger partial charge is 0.447 e. The number of phosphoric ester groups is 1. The maximum absolute atomic E-state index is 16.6. The highest BCUT2D eigenvalue weighted by Crippen LogP contribution is 2.54. The maximum Gasteiger partial charge on any atom is 0.472 e. The summed E-state index contributed by atoms with van der Waals surface area (Å²) in [5.74, 6) is -3.44. The van der Waals surface area contributed by atoms with Crippen molar-refractivity contribution in [3.63, 3.8) is 0 Å². The molecule has 4 aliphatic heterocycles. The number of Topliss-reactive ketones (excluding diaryl/α,β-unsaturated/α-hetero) is 1. The van der Waals surface area contributed by atoms with Crippen LogP contribution in [0.25, 0.3) is 22.3 Å². The number of hydrogen-bond donors (Lipinski definition) is 8. The fourth-order valence-electron chi connectivity index (χ4n) is 9.82. The van der Waals surface area contributed by atoms with Gasteiger partial charge in [0.1, 0.15) is 61.8 Å². The molecule has 0 spiro atoms. The number of aromatic nitrogens is 8. The van der Waals surface area contributed by atoms with Crippen LogP contribution in [-0.2, 0) is 90.4 Å². The van der Waals surface area contributed by atoms with Gasteiger partial charge in [-0.25, -0.2) is 57.6 Å². The second-order valence-corrected chi connectivity index (χ2v) is 25.4. The Kier molecular flexibility index (Phi) is 21.4. The largest absolute Gasteiger partial charge is 0.472 e. The van der Waals surface area contributed by atoms with Gasteiger partial charge in [0, 0.05) is 45.1 Å². The Labute approximate surface area is 519 Å². The zero-order valence-corrected chi connectivity index (χ0v) is 51.0. The normalized spacial score (nSPS) is 25.6. The molecule has 0 bridgehead atoms. The molecular formula is C51H62F2N16O19P2S. The summed E-state index contributed by atoms with van der Waals surface area (Å²) in [6.07, 6.45) is -10.1. The number of hydrogen-bond acceptors (Lipinski definition) is 25. The Hall–Kier alpha value is -8.16. The van der Waals surface area contributed by atoms with Crippen LogP contribution in [-0.4, -0.2) is 202 Å². The van der Waals surface area contributed by atoms with Gasteiger partial charge in [-0.1, -0.05) is 38.1 Å². The summed E-state index contributed by atoms with van der Waals surface area (Å²) in [4.78, 5) is 150. The van der Waals surface area contributed by atoms with E-state index in [1.165, 1.54) is 7.05 Å². The van der Waals surface area contributed by atoms with Crippen LogP contribution in [0.5, 0.6) is 0 Å². The van der Waals surface area contributed by atoms with Gasteiger partial charge in [0.2, 0.25) is 11.8 Å². The zero-order chi connectivity index (χ0) is 65.5. The number of rotatable bonds is 22. The molecule has 2 unspecified atom stereocenters. The van der Waals surface area contributed by atoms with E-state index < -0.39 is 143 Å². The molecule has 0 saturated carbocycles. The highest BCUT2D eigenvalue weighted by molar-refractivity contribution is 8.07. The van der Waals surface area contributed by atoms with Gasteiger partial charge in [0.05, 0.1) is 38.5 Å². The average Bonchev–Trinajstić information content (AvgIpc) is 1.63. The number of ketones is 1. The fourth-order valence-corrected chi connectivity index (χ4v) is 12.2. The van der Waals surface area contributed by atoms with Crippen LogP contribution < -0.4 is 32.7 Å². The topological polar surface area (TPSA) is 462 Å². The molecule has 0 radical (unpaired) electrons. The first-order valence-electron chi connectivity index (χ1n) is 27.9. The molecule has 35 nitrogen and oxygen atoms in total. The molecule has 8 heterocycles. The average molecular weight is 1340 g/mol. The molecule has 3 saturated heterocycles. The van der Waals surface area contributed by atoms with Gasteiger partial charge < -0.3 is 65.6 Å². The minimum Gasteiger partial charge on any atom is -0.447 e. The second-order valence-electron chi connectivity index (χ2n) is 21.2. The van der Waals surface area contributed by atoms with Crippen molar-refractivity contribution >= 4 is 108 Å². The van der Waals surface area contributed by atoms with Crippen LogP contribution in [0, 0.1) is 5.92 Å². The standard InChI is InChI=1S/C51H62F2N16O19P2S/c1-25(2)37(64-32(71)12-14-67-33(72)10-11-34(67)73)46(74)63-28(5-4-13-56-49(55)75)29(70)17-26-6-8-27(9-7-26)18-82-51(77)66(3)15-16-81-50(76)65-43-39-45(60-22-58-43)69(24-62-39)48-36(53)41-30(85-48)19-83-89(78,79)87-40-31(20-84-90(80,91)88-41)86-47(35(40)52)68-23-61-38-42(54)57-21-59-44(38)68/h6-11,21-25,28,30-31,35-37,40-41,47-48H,4-5,12-20H2,1-3H3,(H,63,74)(H,64,71)(H,78,79)(H,80,91)(H2,54,57,59)(H3,55,56,75)(H,58,60,65,76)/t28-,30+,31+,35+,36+,37-,40+,41+,47+,48+,90?/m0/s1. The van der Waals surface area contributed by atoms with Crippen molar-refractivity contribution in [1.82, 2.24) is 64.8 Å². The number of ether oxygens (including phenoxy) is 4. The molecule has 4 aromatic heterocycles. The van der Waals surface area contributed by atoms with Crippen molar-refractivity contribution in [2.24, 2.45) is 11.7 Å². The third kappa shape index (κ3) is 16.5. The predicted molar refractivity (Wildman–Crippen MR) is 310 cm³/mol. The molecule has 0 aliphatic carbocycles. The zero-order valence-electron chi connectivity index (χ0n) is 48.4. The number of nitrogen functional groups attached to an aromatic ring is 1. The Bertz CT molecular complexity index is 3690. The predicted octanol–water partition coefficient (Wildman–Crippen LogP) is 1.17. The molecule has 8 amide bonds. The van der Waals surface area contributed by atoms with E-state index in [4.69, 9.17) is 60.3 Å². The summed E-state index contributed by atoms with van der Waals surface area (Å²) in [7, 11) is -3.86. The van der Waals surface area contributed by atoms with Crippen molar-refractivity contribution in [3.8, 4) is 0 Å². The van der Waals surface area contributed by atoms with Crippen LogP contribution in [0.15, 0.2) is 61.7 Å². The van der Waals surface area contributed by atoms with E-state index in [9.17, 15) is 52.7 Å². The molecule has 3 fully saturated rings. The lowest BCUT2D eigenvalue weighted by atomic mass is 9.97. The van der Waals surface area contributed by atoms with Crippen molar-refractivity contribution in [2.45, 2.75) is 107 Å². The van der Waals surface area contributed by atoms with Crippen molar-refractivity contribution in [2.75, 3.05) is 57.6 Å². The van der Waals surface area contributed by atoms with E-state index >= 15 is 8.78 Å². The summed E-state index contributed by atoms with van der Waals surface area (Å²) >= 11 is 5.21. The molecule has 12 atom stereocenters. The first-order chi connectivity index (χ1) is 43.3. The quantitative estimate of drug-likeness (QED) is 0.0274. The Morgan fingerprint density at radius 3 is 2.09 bits per heavy atom. The van der Waals surface area contributed by atoms with Gasteiger partial charge in [-0.05, 0) is 41.7 Å². The number of carbonyl (C=O) groups is 8. The number of halogens is 2. The molecule has 1 aromatic carbocycles. The summed E-state index contributed by atoms with van der Waals surface area (Å²) in [6, 6.07) is 3.57. The number of urea groups is 1. The molecule has 10 N–H and O–H groups in total. The lowest BCUT2D eigenvalue weighted by molar-refractivity contribution is -0.137. The molecule has 4 aliphatic rings. The number of benzene rings is 1. The number of fused-ring (bicyclic) bond motifs is 4. The van der Waals surface area contributed by atoms with E-state index in [-0.39, 0.29) is 92.5 Å². The second kappa shape index (κ2) is 29.0. The molecule has 5 aromatic rings. The third-order valence-electron chi connectivity index (χ3n) is 14.5. The number of nitrogens with zero attached hydrogens (tertiary/aromatic N) is 10. The number of alkyl halides is 2. The third-order valence-corrected chi connectivity index (χ3v) is 17.0. The number of nitrogens with one attached hydrogen (secondary N) is 4. The van der Waals surface area contributed by atoms with Gasteiger partial charge >= 0.3 is 32.8 Å². The number of phosphoric acid groups is 1. The number of nitrogens with two attached hydrogens (primary N) is 2. The molecule has 91 heavy (non-hydrogen) atoms. The van der Waals surface area contributed by atoms with Crippen LogP contribution in [0.1, 0.15) is 56.7 Å². The van der Waals surface area contributed by atoms with Gasteiger partial charge in [0.15, 0.2) is 59.0 Å². The van der Waals surface area contributed by atoms with E-state index in [2.05, 4.69) is 51.2 Å². The molecule has 9 rings (SSSR count). The lowest BCUT2D eigenvalue weighted by Crippen LogP contribution is -2.54. The van der Waals surface area contributed by atoms with E-state index in [0.29, 0.717) is 11.1 Å². The summed E-state index contributed by atoms with van der Waals surface area (Å²) in [5.41, 5.74) is 12.1. The first-order valence-corrected chi connectivity index (χ1v) is 31.9. The van der Waals surface area contributed by atoms with E-state index in [1.54, 1.807) is 38.1 Å². The highest BCUT2D eigenvalue weighted by Gasteiger charge is 2.54. The Balaban J connectivity index is 0.738. The minimum atomic E-state index is -5.25. The highest BCUT2D eigenvalue weighted by atomic mass is 32.5. The van der Waals surface area contributed by atoms with Crippen molar-refractivity contribution in [1.29, 1.82) is 0 Å². The first kappa shape index (κ1) is 67.2. The monoisotopic (exact) mass is 1330 g/mol. The summed E-state index contributed by atoms with van der Waals surface area (Å²) in [5, 5.41) is 10.2. The number of primary amides is 1. The van der Waals surface area contributed by atoms with Crippen LogP contribution in [0.2, 0.25) is 0 Å². The number of likely N-dealkylation sites (N-methyl/N-ethyl adjacent to an activating group) is 1. The summed E-state index contributed by atoms with van der Waals surface area (Å²) < 4.78 is 92.5. The Morgan fingerprint density at radius 2 is 1.44 bits per heavy atom. The molecule has 40 heteroatoms. The van der Waals surface area contributed by atoms with Gasteiger partial charge in [-0.2, -0.15) is 0 Å². The van der Waals surface area contributed by atoms with Gasteiger partial charge in [-0.3, -0.25) is 56.9 Å². The number of anilines is 2. The van der Waals surface area contributed by atoms with Crippen LogP contribution >= 0.6 is 14.5 Å². The van der Waals surface area contributed by atoms with Crippen LogP contribution in [0.4, 0.5) is 34.8 Å². The SMILES string of the molecule is CC(C)[C@H](NC(=O)CCN1C(=O)C=CC1=O)C(=O)N[C@@H](CCCNC(N)=O)C(=O)Cc1ccc(COC(=O)N(C)CCOC(=O)Nc2ncnc3c2ncn3[C@@H]2O[C@@H]3COP(=O)(O)O[C@H]4[C@@H](F)[C@H](n5cnc6c(N)ncnc65)O[C@@H]4COP(O)(=S)O[C@H]3[C@H]2F)cc1. The van der Waals surface area contributed by atoms with Gasteiger partial charge in [0.25, 0.3) is 11.8 Å². The molecule has 490 valence electrons. The Morgan fingerprint density at radius 1 is 0.835 bits per heavy atom. The minimum absolute atomic E-state index is 0.0207.